The summed E-state index contributed by atoms with van der Waals surface area (Å²) in [7, 11) is 0. The minimum absolute atomic E-state index is 0.636. The fraction of sp³-hybridized carbons (Fsp3) is 0.667. The predicted molar refractivity (Wildman–Crippen MR) is 34.7 cm³/mol. The van der Waals surface area contributed by atoms with Gasteiger partial charge in [-0.1, -0.05) is 5.16 Å². The van der Waals surface area contributed by atoms with E-state index < -0.39 is 0 Å². The molecule has 0 rings (SSSR count). The second kappa shape index (κ2) is 4.62. The molecule has 0 bridgehead atoms. The Morgan fingerprint density at radius 2 is 2.38 bits per heavy atom. The van der Waals surface area contributed by atoms with E-state index in [-0.39, 0.29) is 0 Å². The molecule has 0 N–H and O–H groups in total. The van der Waals surface area contributed by atoms with Gasteiger partial charge in [-0.05, 0) is 27.2 Å². The van der Waals surface area contributed by atoms with E-state index in [9.17, 15) is 0 Å². The highest BCUT2D eigenvalue weighted by Gasteiger charge is 1.81. The van der Waals surface area contributed by atoms with E-state index in [0.717, 1.165) is 12.1 Å². The minimum Gasteiger partial charge on any atom is -0.396 e. The lowest BCUT2D eigenvalue weighted by molar-refractivity contribution is 0.158. The van der Waals surface area contributed by atoms with E-state index in [2.05, 4.69) is 12.1 Å². The highest BCUT2D eigenvalue weighted by molar-refractivity contribution is 5.81. The lowest BCUT2D eigenvalue weighted by Gasteiger charge is -1.93. The predicted octanol–water partition coefficient (Wildman–Crippen LogP) is 1.62. The first-order valence-electron chi connectivity index (χ1n) is 2.76. The van der Waals surface area contributed by atoms with Crippen LogP contribution in [0.1, 0.15) is 20.3 Å². The van der Waals surface area contributed by atoms with Crippen molar-refractivity contribution in [3.05, 3.63) is 6.92 Å². The number of hydrogen-bond donors (Lipinski definition) is 0. The molecule has 0 spiro atoms. The van der Waals surface area contributed by atoms with Crippen LogP contribution in [0.15, 0.2) is 5.16 Å². The Kier molecular flexibility index (Phi) is 4.32. The zero-order valence-corrected chi connectivity index (χ0v) is 5.48. The van der Waals surface area contributed by atoms with E-state index >= 15 is 0 Å². The van der Waals surface area contributed by atoms with Crippen molar-refractivity contribution >= 4 is 5.71 Å². The average molecular weight is 114 g/mol. The van der Waals surface area contributed by atoms with Crippen molar-refractivity contribution < 1.29 is 4.84 Å². The zero-order valence-electron chi connectivity index (χ0n) is 5.48. The number of oxime groups is 1. The summed E-state index contributed by atoms with van der Waals surface area (Å²) in [5.74, 6) is 0. The van der Waals surface area contributed by atoms with Crippen molar-refractivity contribution in [1.29, 1.82) is 0 Å². The van der Waals surface area contributed by atoms with Crippen molar-refractivity contribution in [2.24, 2.45) is 5.16 Å². The van der Waals surface area contributed by atoms with Crippen LogP contribution >= 0.6 is 0 Å². The third-order valence-corrected chi connectivity index (χ3v) is 0.711. The molecule has 0 unspecified atom stereocenters. The van der Waals surface area contributed by atoms with Gasteiger partial charge in [-0.3, -0.25) is 0 Å². The largest absolute Gasteiger partial charge is 0.396 e. The third-order valence-electron chi connectivity index (χ3n) is 0.711. The number of hydrogen-bond acceptors (Lipinski definition) is 2. The van der Waals surface area contributed by atoms with Gasteiger partial charge in [0.1, 0.15) is 6.61 Å². The first-order chi connectivity index (χ1) is 3.81. The summed E-state index contributed by atoms with van der Waals surface area (Å²) in [5.41, 5.74) is 0.937. The van der Waals surface area contributed by atoms with Crippen molar-refractivity contribution in [3.63, 3.8) is 0 Å². The van der Waals surface area contributed by atoms with Crippen molar-refractivity contribution in [3.8, 4) is 0 Å². The molecule has 1 radical (unpaired) electrons. The van der Waals surface area contributed by atoms with Gasteiger partial charge in [0.15, 0.2) is 0 Å². The molecule has 0 aromatic heterocycles. The first-order valence-corrected chi connectivity index (χ1v) is 2.76. The normalized spacial score (nSPS) is 11.6. The van der Waals surface area contributed by atoms with Crippen LogP contribution in [0.3, 0.4) is 0 Å². The van der Waals surface area contributed by atoms with Gasteiger partial charge < -0.3 is 4.84 Å². The molecule has 2 nitrogen and oxygen atoms in total. The fourth-order valence-corrected chi connectivity index (χ4v) is 0.220. The topological polar surface area (TPSA) is 21.6 Å². The van der Waals surface area contributed by atoms with Crippen LogP contribution in [0, 0.1) is 6.92 Å². The SMILES string of the molecule is [CH2]C/C(C)=N/OCC. The summed E-state index contributed by atoms with van der Waals surface area (Å²) >= 11 is 0. The van der Waals surface area contributed by atoms with Crippen LogP contribution in [-0.2, 0) is 4.84 Å². The second-order valence-electron chi connectivity index (χ2n) is 1.49. The maximum absolute atomic E-state index is 4.73. The van der Waals surface area contributed by atoms with Gasteiger partial charge >= 0.3 is 0 Å². The molecule has 8 heavy (non-hydrogen) atoms. The highest BCUT2D eigenvalue weighted by Crippen LogP contribution is 1.83. The summed E-state index contributed by atoms with van der Waals surface area (Å²) in [6, 6.07) is 0. The molecule has 2 heteroatoms. The Bertz CT molecular complexity index is 78.6. The van der Waals surface area contributed by atoms with Crippen molar-refractivity contribution in [2.45, 2.75) is 20.3 Å². The summed E-state index contributed by atoms with van der Waals surface area (Å²) in [5, 5.41) is 3.72. The Labute approximate surface area is 50.5 Å². The highest BCUT2D eigenvalue weighted by atomic mass is 16.6. The Morgan fingerprint density at radius 3 is 2.75 bits per heavy atom. The molecule has 0 saturated carbocycles. The van der Waals surface area contributed by atoms with Gasteiger partial charge in [-0.15, -0.1) is 0 Å². The molecule has 0 aromatic carbocycles. The monoisotopic (exact) mass is 114 g/mol. The fourth-order valence-electron chi connectivity index (χ4n) is 0.220. The number of nitrogens with zero attached hydrogens (tertiary/aromatic N) is 1. The molecule has 0 aliphatic rings. The molecule has 0 fully saturated rings. The van der Waals surface area contributed by atoms with Crippen LogP contribution in [-0.4, -0.2) is 12.3 Å². The molecule has 0 aromatic rings. The van der Waals surface area contributed by atoms with Gasteiger partial charge in [0.2, 0.25) is 0 Å². The molecule has 0 atom stereocenters. The summed E-state index contributed by atoms with van der Waals surface area (Å²) < 4.78 is 0. The first kappa shape index (κ1) is 7.47. The zero-order chi connectivity index (χ0) is 6.41. The summed E-state index contributed by atoms with van der Waals surface area (Å²) in [6.45, 7) is 8.06. The summed E-state index contributed by atoms with van der Waals surface area (Å²) in [4.78, 5) is 4.73. The Balaban J connectivity index is 3.26. The maximum Gasteiger partial charge on any atom is 0.114 e. The molecule has 0 aliphatic carbocycles. The van der Waals surface area contributed by atoms with Crippen molar-refractivity contribution in [1.82, 2.24) is 0 Å². The van der Waals surface area contributed by atoms with E-state index in [1.165, 1.54) is 0 Å². The molecular weight excluding hydrogens is 102 g/mol. The lowest BCUT2D eigenvalue weighted by atomic mass is 10.3. The lowest BCUT2D eigenvalue weighted by Crippen LogP contribution is -1.89. The quantitative estimate of drug-likeness (QED) is 0.403. The van der Waals surface area contributed by atoms with Gasteiger partial charge in [-0.2, -0.15) is 0 Å². The third kappa shape index (κ3) is 3.65. The Morgan fingerprint density at radius 1 is 1.75 bits per heavy atom. The molecule has 0 amide bonds. The second-order valence-corrected chi connectivity index (χ2v) is 1.49. The summed E-state index contributed by atoms with van der Waals surface area (Å²) in [6.07, 6.45) is 0.722. The van der Waals surface area contributed by atoms with Gasteiger partial charge in [0, 0.05) is 0 Å². The van der Waals surface area contributed by atoms with Crippen molar-refractivity contribution in [2.75, 3.05) is 6.61 Å². The maximum atomic E-state index is 4.73. The minimum atomic E-state index is 0.636. The average Bonchev–Trinajstić information content (AvgIpc) is 1.83. The van der Waals surface area contributed by atoms with E-state index in [1.807, 2.05) is 13.8 Å². The smallest absolute Gasteiger partial charge is 0.114 e. The van der Waals surface area contributed by atoms with Gasteiger partial charge in [-0.25, -0.2) is 0 Å². The van der Waals surface area contributed by atoms with Gasteiger partial charge in [0.05, 0.1) is 5.71 Å². The molecular formula is C6H12NO. The van der Waals surface area contributed by atoms with E-state index in [1.54, 1.807) is 0 Å². The standard InChI is InChI=1S/C6H12NO/c1-4-6(3)7-8-5-2/h1,4-5H2,2-3H3/b7-6+. The van der Waals surface area contributed by atoms with Crippen LogP contribution < -0.4 is 0 Å². The van der Waals surface area contributed by atoms with Crippen LogP contribution in [0.25, 0.3) is 0 Å². The number of rotatable bonds is 3. The van der Waals surface area contributed by atoms with Crippen LogP contribution in [0.4, 0.5) is 0 Å². The molecule has 0 heterocycles. The molecule has 0 saturated heterocycles. The Hall–Kier alpha value is -0.530. The molecule has 47 valence electrons. The van der Waals surface area contributed by atoms with Crippen LogP contribution in [0.2, 0.25) is 0 Å². The van der Waals surface area contributed by atoms with Crippen LogP contribution in [0.5, 0.6) is 0 Å². The van der Waals surface area contributed by atoms with E-state index in [4.69, 9.17) is 4.84 Å². The van der Waals surface area contributed by atoms with Gasteiger partial charge in [0.25, 0.3) is 0 Å². The molecule has 0 aliphatic heterocycles. The van der Waals surface area contributed by atoms with E-state index in [0.29, 0.717) is 6.61 Å².